The van der Waals surface area contributed by atoms with Crippen LogP contribution in [0.2, 0.25) is 5.02 Å². The highest BCUT2D eigenvalue weighted by Crippen LogP contribution is 2.36. The molecule has 0 unspecified atom stereocenters. The standard InChI is InChI=1S/C33H36ClFN6O5/c1-40(22-10-13-41(14-11-22)33(44)28-8-9-31(43)46-28)12-2-3-30(42)39-27-16-23-26(17-29(27)45-18-20-4-5-20)36-19-37-32(23)38-21-6-7-25(35)24(34)15-21/h2-3,6-7,15-17,19-20,22,28H,4-5,8-14,18H2,1H3,(H,39,42)(H,36,37,38)/b3-2+/t28-/m0/s1. The summed E-state index contributed by atoms with van der Waals surface area (Å²) in [6, 6.07) is 8.11. The van der Waals surface area contributed by atoms with Gasteiger partial charge in [0.1, 0.15) is 23.7 Å². The van der Waals surface area contributed by atoms with Crippen molar-refractivity contribution >= 4 is 57.5 Å². The van der Waals surface area contributed by atoms with Crippen LogP contribution in [0.5, 0.6) is 5.75 Å². The average molecular weight is 651 g/mol. The van der Waals surface area contributed by atoms with Gasteiger partial charge in [-0.05, 0) is 62.9 Å². The lowest BCUT2D eigenvalue weighted by molar-refractivity contribution is -0.153. The van der Waals surface area contributed by atoms with Crippen LogP contribution >= 0.6 is 11.6 Å². The molecule has 242 valence electrons. The van der Waals surface area contributed by atoms with Crippen molar-refractivity contribution in [2.75, 3.05) is 43.9 Å². The molecule has 0 radical (unpaired) electrons. The molecule has 3 aliphatic rings. The minimum Gasteiger partial charge on any atom is -0.491 e. The summed E-state index contributed by atoms with van der Waals surface area (Å²) in [6.45, 7) is 2.31. The van der Waals surface area contributed by atoms with Gasteiger partial charge in [0, 0.05) is 61.7 Å². The molecular weight excluding hydrogens is 615 g/mol. The topological polar surface area (TPSA) is 126 Å². The Balaban J connectivity index is 1.09. The highest BCUT2D eigenvalue weighted by atomic mass is 35.5. The third-order valence-electron chi connectivity index (χ3n) is 8.57. The molecule has 2 N–H and O–H groups in total. The van der Waals surface area contributed by atoms with Crippen molar-refractivity contribution in [2.24, 2.45) is 5.92 Å². The van der Waals surface area contributed by atoms with Gasteiger partial charge < -0.3 is 25.0 Å². The van der Waals surface area contributed by atoms with Crippen molar-refractivity contribution in [3.8, 4) is 5.75 Å². The van der Waals surface area contributed by atoms with E-state index in [2.05, 4.69) is 25.5 Å². The van der Waals surface area contributed by atoms with Gasteiger partial charge in [-0.15, -0.1) is 0 Å². The Morgan fingerprint density at radius 1 is 1.15 bits per heavy atom. The van der Waals surface area contributed by atoms with Crippen LogP contribution in [0, 0.1) is 11.7 Å². The predicted octanol–water partition coefficient (Wildman–Crippen LogP) is 5.08. The average Bonchev–Trinajstić information content (AvgIpc) is 3.78. The molecule has 2 aromatic carbocycles. The number of likely N-dealkylation sites (N-methyl/N-ethyl adjacent to an activating group) is 1. The van der Waals surface area contributed by atoms with E-state index in [9.17, 15) is 18.8 Å². The molecule has 1 saturated carbocycles. The molecule has 1 atom stereocenters. The first-order valence-corrected chi connectivity index (χ1v) is 15.9. The predicted molar refractivity (Wildman–Crippen MR) is 172 cm³/mol. The number of esters is 1. The van der Waals surface area contributed by atoms with Gasteiger partial charge in [0.05, 0.1) is 22.8 Å². The number of aromatic nitrogens is 2. The van der Waals surface area contributed by atoms with Crippen molar-refractivity contribution in [3.05, 3.63) is 59.7 Å². The van der Waals surface area contributed by atoms with E-state index in [0.29, 0.717) is 78.8 Å². The summed E-state index contributed by atoms with van der Waals surface area (Å²) >= 11 is 5.97. The second-order valence-corrected chi connectivity index (χ2v) is 12.4. The van der Waals surface area contributed by atoms with E-state index in [1.54, 1.807) is 23.1 Å². The molecule has 2 aliphatic heterocycles. The van der Waals surface area contributed by atoms with Crippen LogP contribution in [-0.2, 0) is 19.1 Å². The number of hydrogen-bond donors (Lipinski definition) is 2. The molecule has 2 saturated heterocycles. The summed E-state index contributed by atoms with van der Waals surface area (Å²) < 4.78 is 24.9. The molecule has 3 fully saturated rings. The first-order valence-electron chi connectivity index (χ1n) is 15.5. The number of rotatable bonds is 11. The largest absolute Gasteiger partial charge is 0.491 e. The summed E-state index contributed by atoms with van der Waals surface area (Å²) in [6.07, 6.45) is 8.67. The minimum atomic E-state index is -0.644. The fourth-order valence-corrected chi connectivity index (χ4v) is 5.86. The molecule has 0 spiro atoms. The Bertz CT molecular complexity index is 1660. The number of nitrogens with one attached hydrogen (secondary N) is 2. The zero-order chi connectivity index (χ0) is 32.2. The number of carbonyl (C=O) groups is 3. The van der Waals surface area contributed by atoms with Gasteiger partial charge in [-0.25, -0.2) is 14.4 Å². The van der Waals surface area contributed by atoms with E-state index in [-0.39, 0.29) is 28.8 Å². The Morgan fingerprint density at radius 2 is 1.96 bits per heavy atom. The lowest BCUT2D eigenvalue weighted by Gasteiger charge is -2.37. The highest BCUT2D eigenvalue weighted by Gasteiger charge is 2.35. The summed E-state index contributed by atoms with van der Waals surface area (Å²) in [5.74, 6) is 0.236. The van der Waals surface area contributed by atoms with E-state index in [4.69, 9.17) is 21.1 Å². The van der Waals surface area contributed by atoms with E-state index < -0.39 is 11.9 Å². The third kappa shape index (κ3) is 7.73. The van der Waals surface area contributed by atoms with Gasteiger partial charge in [0.15, 0.2) is 6.10 Å². The van der Waals surface area contributed by atoms with Gasteiger partial charge in [0.25, 0.3) is 5.91 Å². The number of halogens is 2. The second kappa shape index (κ2) is 14.0. The summed E-state index contributed by atoms with van der Waals surface area (Å²) in [7, 11) is 2.00. The fraction of sp³-hybridized carbons (Fsp3) is 0.424. The van der Waals surface area contributed by atoms with Crippen molar-refractivity contribution in [1.29, 1.82) is 0 Å². The number of benzene rings is 2. The normalized spacial score (nSPS) is 18.7. The molecule has 2 amide bonds. The van der Waals surface area contributed by atoms with Crippen LogP contribution in [0.3, 0.4) is 0 Å². The molecule has 1 aromatic heterocycles. The smallest absolute Gasteiger partial charge is 0.306 e. The lowest BCUT2D eigenvalue weighted by atomic mass is 10.0. The number of amides is 2. The molecular formula is C33H36ClFN6O5. The number of ether oxygens (including phenoxy) is 2. The molecule has 13 heteroatoms. The van der Waals surface area contributed by atoms with E-state index in [1.807, 2.05) is 13.1 Å². The maximum atomic E-state index is 13.7. The first kappa shape index (κ1) is 31.7. The van der Waals surface area contributed by atoms with Gasteiger partial charge in [-0.3, -0.25) is 19.3 Å². The number of likely N-dealkylation sites (tertiary alicyclic amines) is 1. The second-order valence-electron chi connectivity index (χ2n) is 12.0. The maximum Gasteiger partial charge on any atom is 0.306 e. The Morgan fingerprint density at radius 3 is 2.67 bits per heavy atom. The number of carbonyl (C=O) groups excluding carboxylic acids is 3. The number of piperidine rings is 1. The number of nitrogens with zero attached hydrogens (tertiary/aromatic N) is 4. The number of cyclic esters (lactones) is 1. The molecule has 3 aromatic rings. The molecule has 6 rings (SSSR count). The summed E-state index contributed by atoms with van der Waals surface area (Å²) in [5, 5.41) is 6.73. The number of hydrogen-bond acceptors (Lipinski definition) is 9. The van der Waals surface area contributed by atoms with Crippen LogP contribution in [0.4, 0.5) is 21.6 Å². The molecule has 3 heterocycles. The van der Waals surface area contributed by atoms with E-state index in [0.717, 1.165) is 25.7 Å². The van der Waals surface area contributed by atoms with E-state index in [1.165, 1.54) is 24.5 Å². The summed E-state index contributed by atoms with van der Waals surface area (Å²) in [5.41, 5.74) is 1.65. The van der Waals surface area contributed by atoms with Crippen LogP contribution in [0.1, 0.15) is 38.5 Å². The van der Waals surface area contributed by atoms with Gasteiger partial charge in [-0.2, -0.15) is 0 Å². The number of fused-ring (bicyclic) bond motifs is 1. The monoisotopic (exact) mass is 650 g/mol. The Hall–Kier alpha value is -4.29. The Kier molecular flexibility index (Phi) is 9.64. The molecule has 46 heavy (non-hydrogen) atoms. The molecule has 11 nitrogen and oxygen atoms in total. The fourth-order valence-electron chi connectivity index (χ4n) is 5.68. The van der Waals surface area contributed by atoms with E-state index >= 15 is 0 Å². The number of anilines is 3. The van der Waals surface area contributed by atoms with Crippen molar-refractivity contribution in [1.82, 2.24) is 19.8 Å². The van der Waals surface area contributed by atoms with Crippen LogP contribution in [0.25, 0.3) is 10.9 Å². The molecule has 0 bridgehead atoms. The van der Waals surface area contributed by atoms with Gasteiger partial charge >= 0.3 is 5.97 Å². The van der Waals surface area contributed by atoms with Crippen LogP contribution in [0.15, 0.2) is 48.8 Å². The third-order valence-corrected chi connectivity index (χ3v) is 8.86. The quantitative estimate of drug-likeness (QED) is 0.216. The van der Waals surface area contributed by atoms with Crippen molar-refractivity contribution < 1.29 is 28.2 Å². The minimum absolute atomic E-state index is 0.0155. The SMILES string of the molecule is CN(C/C=C/C(=O)Nc1cc2c(Nc3ccc(F)c(Cl)c3)ncnc2cc1OCC1CC1)C1CCN(C(=O)[C@@H]2CCC(=O)O2)CC1. The lowest BCUT2D eigenvalue weighted by Crippen LogP contribution is -2.48. The van der Waals surface area contributed by atoms with Gasteiger partial charge in [0.2, 0.25) is 5.91 Å². The summed E-state index contributed by atoms with van der Waals surface area (Å²) in [4.78, 5) is 49.8. The van der Waals surface area contributed by atoms with Crippen molar-refractivity contribution in [2.45, 2.75) is 50.7 Å². The zero-order valence-electron chi connectivity index (χ0n) is 25.5. The van der Waals surface area contributed by atoms with Gasteiger partial charge in [-0.1, -0.05) is 17.7 Å². The maximum absolute atomic E-state index is 13.7. The zero-order valence-corrected chi connectivity index (χ0v) is 26.3. The highest BCUT2D eigenvalue weighted by molar-refractivity contribution is 6.31. The first-order chi connectivity index (χ1) is 22.2. The molecule has 1 aliphatic carbocycles. The van der Waals surface area contributed by atoms with Crippen molar-refractivity contribution in [3.63, 3.8) is 0 Å². The van der Waals surface area contributed by atoms with Crippen LogP contribution in [-0.4, -0.2) is 83.0 Å². The Labute approximate surface area is 271 Å². The van der Waals surface area contributed by atoms with Crippen LogP contribution < -0.4 is 15.4 Å².